The van der Waals surface area contributed by atoms with Gasteiger partial charge < -0.3 is 19.9 Å². The van der Waals surface area contributed by atoms with Crippen molar-refractivity contribution in [1.82, 2.24) is 5.32 Å². The summed E-state index contributed by atoms with van der Waals surface area (Å²) < 4.78 is 10.2. The van der Waals surface area contributed by atoms with E-state index in [9.17, 15) is 5.11 Å². The second-order valence-electron chi connectivity index (χ2n) is 5.46. The van der Waals surface area contributed by atoms with Crippen LogP contribution in [0.5, 0.6) is 11.5 Å². The predicted molar refractivity (Wildman–Crippen MR) is 79.5 cm³/mol. The summed E-state index contributed by atoms with van der Waals surface area (Å²) in [6, 6.07) is 3.38. The van der Waals surface area contributed by atoms with E-state index in [2.05, 4.69) is 5.32 Å². The Bertz CT molecular complexity index is 461. The minimum Gasteiger partial charge on any atom is -0.504 e. The first-order chi connectivity index (χ1) is 9.60. The summed E-state index contributed by atoms with van der Waals surface area (Å²) in [5, 5.41) is 14.0. The number of ether oxygens (including phenoxy) is 2. The summed E-state index contributed by atoms with van der Waals surface area (Å²) in [6.45, 7) is 2.32. The molecule has 0 aromatic heterocycles. The highest BCUT2D eigenvalue weighted by Crippen LogP contribution is 2.48. The number of hydrogen-bond donors (Lipinski definition) is 2. The quantitative estimate of drug-likeness (QED) is 0.775. The van der Waals surface area contributed by atoms with Gasteiger partial charge in [-0.05, 0) is 30.7 Å². The van der Waals surface area contributed by atoms with Crippen LogP contribution in [0.2, 0.25) is 5.02 Å². The van der Waals surface area contributed by atoms with Crippen molar-refractivity contribution in [3.05, 3.63) is 22.7 Å². The second kappa shape index (κ2) is 6.66. The lowest BCUT2D eigenvalue weighted by Crippen LogP contribution is -2.24. The van der Waals surface area contributed by atoms with Crippen molar-refractivity contribution in [2.75, 3.05) is 27.4 Å². The molecule has 0 spiro atoms. The van der Waals surface area contributed by atoms with Crippen molar-refractivity contribution in [3.8, 4) is 11.5 Å². The monoisotopic (exact) mass is 299 g/mol. The lowest BCUT2D eigenvalue weighted by atomic mass is 10.0. The molecule has 112 valence electrons. The van der Waals surface area contributed by atoms with Gasteiger partial charge in [-0.3, -0.25) is 0 Å². The Morgan fingerprint density at radius 1 is 1.35 bits per heavy atom. The molecular weight excluding hydrogens is 278 g/mol. The van der Waals surface area contributed by atoms with Gasteiger partial charge in [0.2, 0.25) is 0 Å². The molecule has 0 unspecified atom stereocenters. The summed E-state index contributed by atoms with van der Waals surface area (Å²) in [5.41, 5.74) is 1.14. The molecule has 1 saturated carbocycles. The molecular formula is C15H22ClNO3. The number of phenols is 1. The average molecular weight is 300 g/mol. The topological polar surface area (TPSA) is 50.7 Å². The fraction of sp³-hybridized carbons (Fsp3) is 0.600. The number of phenolic OH excluding ortho intramolecular Hbond substituents is 1. The Balaban J connectivity index is 1.90. The largest absolute Gasteiger partial charge is 0.504 e. The molecule has 0 saturated heterocycles. The Kier molecular flexibility index (Phi) is 5.13. The third kappa shape index (κ3) is 3.78. The van der Waals surface area contributed by atoms with Crippen molar-refractivity contribution in [1.29, 1.82) is 0 Å². The van der Waals surface area contributed by atoms with E-state index >= 15 is 0 Å². The molecule has 5 heteroatoms. The Morgan fingerprint density at radius 3 is 2.70 bits per heavy atom. The Hall–Kier alpha value is -0.970. The van der Waals surface area contributed by atoms with Crippen LogP contribution in [0.3, 0.4) is 0 Å². The zero-order valence-corrected chi connectivity index (χ0v) is 12.8. The summed E-state index contributed by atoms with van der Waals surface area (Å²) in [6.07, 6.45) is 3.57. The molecule has 0 bridgehead atoms. The van der Waals surface area contributed by atoms with Gasteiger partial charge >= 0.3 is 0 Å². The van der Waals surface area contributed by atoms with Gasteiger partial charge in [0.15, 0.2) is 11.5 Å². The number of hydrogen-bond acceptors (Lipinski definition) is 4. The SMILES string of the molecule is COCCC1(CNCc2cc(Cl)cc(OC)c2O)CC1. The van der Waals surface area contributed by atoms with Crippen molar-refractivity contribution in [2.45, 2.75) is 25.8 Å². The zero-order chi connectivity index (χ0) is 14.6. The minimum absolute atomic E-state index is 0.158. The number of rotatable bonds is 8. The van der Waals surface area contributed by atoms with Gasteiger partial charge in [-0.15, -0.1) is 0 Å². The van der Waals surface area contributed by atoms with E-state index in [1.807, 2.05) is 0 Å². The molecule has 1 aliphatic rings. The number of halogens is 1. The van der Waals surface area contributed by atoms with Gasteiger partial charge in [0, 0.05) is 43.5 Å². The van der Waals surface area contributed by atoms with E-state index in [0.717, 1.165) is 25.1 Å². The maximum absolute atomic E-state index is 10.1. The lowest BCUT2D eigenvalue weighted by Gasteiger charge is -2.16. The number of nitrogens with one attached hydrogen (secondary N) is 1. The van der Waals surface area contributed by atoms with Gasteiger partial charge in [-0.1, -0.05) is 11.6 Å². The Morgan fingerprint density at radius 2 is 2.10 bits per heavy atom. The molecule has 0 heterocycles. The molecule has 20 heavy (non-hydrogen) atoms. The third-order valence-electron chi connectivity index (χ3n) is 3.95. The van der Waals surface area contributed by atoms with Crippen LogP contribution in [0.15, 0.2) is 12.1 Å². The van der Waals surface area contributed by atoms with E-state index < -0.39 is 0 Å². The summed E-state index contributed by atoms with van der Waals surface area (Å²) in [4.78, 5) is 0. The van der Waals surface area contributed by atoms with E-state index in [1.165, 1.54) is 20.0 Å². The van der Waals surface area contributed by atoms with Crippen LogP contribution in [-0.2, 0) is 11.3 Å². The highest BCUT2D eigenvalue weighted by Gasteiger charge is 2.41. The van der Waals surface area contributed by atoms with E-state index in [1.54, 1.807) is 19.2 Å². The molecule has 2 rings (SSSR count). The summed E-state index contributed by atoms with van der Waals surface area (Å²) in [5.74, 6) is 0.570. The number of methoxy groups -OCH3 is 2. The van der Waals surface area contributed by atoms with Gasteiger partial charge in [0.25, 0.3) is 0 Å². The number of aromatic hydroxyl groups is 1. The standard InChI is InChI=1S/C15H22ClNO3/c1-19-6-5-15(3-4-15)10-17-9-11-7-12(16)8-13(20-2)14(11)18/h7-8,17-18H,3-6,9-10H2,1-2H3. The van der Waals surface area contributed by atoms with E-state index in [-0.39, 0.29) is 5.75 Å². The molecule has 0 atom stereocenters. The molecule has 1 aliphatic carbocycles. The van der Waals surface area contributed by atoms with Crippen LogP contribution in [0.4, 0.5) is 0 Å². The highest BCUT2D eigenvalue weighted by molar-refractivity contribution is 6.30. The minimum atomic E-state index is 0.158. The highest BCUT2D eigenvalue weighted by atomic mass is 35.5. The predicted octanol–water partition coefficient (Wildman–Crippen LogP) is 2.96. The molecule has 0 aliphatic heterocycles. The zero-order valence-electron chi connectivity index (χ0n) is 12.0. The first-order valence-electron chi connectivity index (χ1n) is 6.85. The number of benzene rings is 1. The molecule has 2 N–H and O–H groups in total. The smallest absolute Gasteiger partial charge is 0.162 e. The van der Waals surface area contributed by atoms with Gasteiger partial charge in [0.05, 0.1) is 7.11 Å². The molecule has 1 aromatic rings. The van der Waals surface area contributed by atoms with Crippen molar-refractivity contribution < 1.29 is 14.6 Å². The fourth-order valence-electron chi connectivity index (χ4n) is 2.39. The molecule has 0 radical (unpaired) electrons. The molecule has 1 aromatic carbocycles. The van der Waals surface area contributed by atoms with E-state index in [4.69, 9.17) is 21.1 Å². The third-order valence-corrected chi connectivity index (χ3v) is 4.17. The van der Waals surface area contributed by atoms with E-state index in [0.29, 0.717) is 22.7 Å². The second-order valence-corrected chi connectivity index (χ2v) is 5.90. The summed E-state index contributed by atoms with van der Waals surface area (Å²) >= 11 is 6.02. The maximum atomic E-state index is 10.1. The van der Waals surface area contributed by atoms with Crippen LogP contribution >= 0.6 is 11.6 Å². The van der Waals surface area contributed by atoms with Crippen molar-refractivity contribution in [2.24, 2.45) is 5.41 Å². The van der Waals surface area contributed by atoms with Gasteiger partial charge in [0.1, 0.15) is 0 Å². The summed E-state index contributed by atoms with van der Waals surface area (Å²) in [7, 11) is 3.26. The molecule has 4 nitrogen and oxygen atoms in total. The van der Waals surface area contributed by atoms with Crippen LogP contribution in [0, 0.1) is 5.41 Å². The average Bonchev–Trinajstić information content (AvgIpc) is 3.20. The Labute approximate surface area is 125 Å². The maximum Gasteiger partial charge on any atom is 0.162 e. The first kappa shape index (κ1) is 15.4. The van der Waals surface area contributed by atoms with Crippen LogP contribution in [0.1, 0.15) is 24.8 Å². The van der Waals surface area contributed by atoms with Crippen LogP contribution in [0.25, 0.3) is 0 Å². The lowest BCUT2D eigenvalue weighted by molar-refractivity contribution is 0.171. The van der Waals surface area contributed by atoms with Crippen molar-refractivity contribution in [3.63, 3.8) is 0 Å². The van der Waals surface area contributed by atoms with Crippen LogP contribution in [-0.4, -0.2) is 32.5 Å². The van der Waals surface area contributed by atoms with Crippen LogP contribution < -0.4 is 10.1 Å². The first-order valence-corrected chi connectivity index (χ1v) is 7.23. The fourth-order valence-corrected chi connectivity index (χ4v) is 2.62. The van der Waals surface area contributed by atoms with Gasteiger partial charge in [-0.25, -0.2) is 0 Å². The molecule has 0 amide bonds. The molecule has 1 fully saturated rings. The normalized spacial score (nSPS) is 16.1. The van der Waals surface area contributed by atoms with Crippen molar-refractivity contribution >= 4 is 11.6 Å². The van der Waals surface area contributed by atoms with Gasteiger partial charge in [-0.2, -0.15) is 0 Å².